The first-order chi connectivity index (χ1) is 8.28. The summed E-state index contributed by atoms with van der Waals surface area (Å²) in [7, 11) is 0. The van der Waals surface area contributed by atoms with Gasteiger partial charge in [-0.2, -0.15) is 0 Å². The molecule has 1 saturated heterocycles. The van der Waals surface area contributed by atoms with Crippen molar-refractivity contribution in [3.63, 3.8) is 0 Å². The molecule has 0 radical (unpaired) electrons. The molecule has 0 saturated carbocycles. The zero-order chi connectivity index (χ0) is 12.1. The van der Waals surface area contributed by atoms with Crippen LogP contribution in [0.3, 0.4) is 0 Å². The van der Waals surface area contributed by atoms with Crippen LogP contribution in [0.25, 0.3) is 0 Å². The van der Waals surface area contributed by atoms with E-state index in [2.05, 4.69) is 4.90 Å². The number of hydrogen-bond donors (Lipinski definition) is 1. The smallest absolute Gasteiger partial charge is 0.123 e. The lowest BCUT2D eigenvalue weighted by Gasteiger charge is -2.32. The third-order valence-corrected chi connectivity index (χ3v) is 3.57. The number of nitrogens with zero attached hydrogens (tertiary/aromatic N) is 1. The van der Waals surface area contributed by atoms with Gasteiger partial charge in [0.25, 0.3) is 0 Å². The molecule has 1 aromatic carbocycles. The Kier molecular flexibility index (Phi) is 4.51. The van der Waals surface area contributed by atoms with Gasteiger partial charge >= 0.3 is 0 Å². The average molecular weight is 236 g/mol. The molecule has 2 N–H and O–H groups in total. The Hall–Kier alpha value is -0.930. The predicted molar refractivity (Wildman–Crippen MR) is 68.3 cm³/mol. The van der Waals surface area contributed by atoms with Gasteiger partial charge in [-0.05, 0) is 56.0 Å². The molecule has 3 heteroatoms. The van der Waals surface area contributed by atoms with Gasteiger partial charge in [-0.25, -0.2) is 4.39 Å². The fourth-order valence-electron chi connectivity index (χ4n) is 2.49. The first-order valence-electron chi connectivity index (χ1n) is 6.45. The summed E-state index contributed by atoms with van der Waals surface area (Å²) in [5.74, 6) is 0.506. The highest BCUT2D eigenvalue weighted by atomic mass is 19.1. The largest absolute Gasteiger partial charge is 0.330 e. The molecular weight excluding hydrogens is 215 g/mol. The van der Waals surface area contributed by atoms with Crippen molar-refractivity contribution < 1.29 is 4.39 Å². The standard InChI is InChI=1S/C14H21FN2/c15-14-5-3-12(4-6-14)7-9-17-8-1-2-13(10-16)11-17/h3-6,13H,1-2,7-11,16H2/t13-/m0/s1. The second kappa shape index (κ2) is 6.12. The van der Waals surface area contributed by atoms with E-state index in [9.17, 15) is 4.39 Å². The zero-order valence-corrected chi connectivity index (χ0v) is 10.2. The van der Waals surface area contributed by atoms with Crippen LogP contribution in [0, 0.1) is 11.7 Å². The van der Waals surface area contributed by atoms with Crippen molar-refractivity contribution in [3.05, 3.63) is 35.6 Å². The van der Waals surface area contributed by atoms with Crippen LogP contribution in [0.1, 0.15) is 18.4 Å². The third kappa shape index (κ3) is 3.79. The molecule has 1 aromatic rings. The summed E-state index contributed by atoms with van der Waals surface area (Å²) in [4.78, 5) is 2.48. The molecule has 2 rings (SSSR count). The van der Waals surface area contributed by atoms with Crippen LogP contribution in [0.5, 0.6) is 0 Å². The molecule has 0 aliphatic carbocycles. The van der Waals surface area contributed by atoms with Crippen LogP contribution in [0.15, 0.2) is 24.3 Å². The van der Waals surface area contributed by atoms with E-state index in [1.165, 1.54) is 37.1 Å². The minimum absolute atomic E-state index is 0.157. The quantitative estimate of drug-likeness (QED) is 0.867. The van der Waals surface area contributed by atoms with Crippen molar-refractivity contribution in [2.45, 2.75) is 19.3 Å². The number of halogens is 1. The Morgan fingerprint density at radius 1 is 1.29 bits per heavy atom. The molecule has 0 spiro atoms. The molecule has 0 amide bonds. The second-order valence-corrected chi connectivity index (χ2v) is 4.92. The van der Waals surface area contributed by atoms with Gasteiger partial charge in [0.05, 0.1) is 0 Å². The molecule has 0 unspecified atom stereocenters. The predicted octanol–water partition coefficient (Wildman–Crippen LogP) is 2.04. The highest BCUT2D eigenvalue weighted by Gasteiger charge is 2.17. The number of nitrogens with two attached hydrogens (primary N) is 1. The molecule has 17 heavy (non-hydrogen) atoms. The van der Waals surface area contributed by atoms with Crippen molar-refractivity contribution in [1.82, 2.24) is 4.90 Å². The molecule has 1 aliphatic rings. The Bertz CT molecular complexity index is 337. The van der Waals surface area contributed by atoms with Gasteiger partial charge in [-0.3, -0.25) is 0 Å². The minimum atomic E-state index is -0.157. The van der Waals surface area contributed by atoms with Gasteiger partial charge in [0.1, 0.15) is 5.82 Å². The van der Waals surface area contributed by atoms with E-state index in [1.807, 2.05) is 12.1 Å². The number of piperidine rings is 1. The Balaban J connectivity index is 1.79. The first kappa shape index (κ1) is 12.5. The summed E-state index contributed by atoms with van der Waals surface area (Å²) in [6, 6.07) is 6.82. The Labute approximate surface area is 103 Å². The highest BCUT2D eigenvalue weighted by Crippen LogP contribution is 2.15. The minimum Gasteiger partial charge on any atom is -0.330 e. The monoisotopic (exact) mass is 236 g/mol. The molecule has 94 valence electrons. The van der Waals surface area contributed by atoms with Gasteiger partial charge in [-0.1, -0.05) is 12.1 Å². The van der Waals surface area contributed by atoms with E-state index in [4.69, 9.17) is 5.73 Å². The van der Waals surface area contributed by atoms with E-state index in [1.54, 1.807) is 0 Å². The maximum Gasteiger partial charge on any atom is 0.123 e. The molecular formula is C14H21FN2. The van der Waals surface area contributed by atoms with Gasteiger partial charge in [0.2, 0.25) is 0 Å². The normalized spacial score (nSPS) is 21.6. The second-order valence-electron chi connectivity index (χ2n) is 4.92. The summed E-state index contributed by atoms with van der Waals surface area (Å²) in [5.41, 5.74) is 6.93. The van der Waals surface area contributed by atoms with Crippen molar-refractivity contribution in [1.29, 1.82) is 0 Å². The van der Waals surface area contributed by atoms with Gasteiger partial charge < -0.3 is 10.6 Å². The van der Waals surface area contributed by atoms with E-state index in [0.29, 0.717) is 5.92 Å². The lowest BCUT2D eigenvalue weighted by Crippen LogP contribution is -2.39. The average Bonchev–Trinajstić information content (AvgIpc) is 2.38. The van der Waals surface area contributed by atoms with Crippen molar-refractivity contribution >= 4 is 0 Å². The van der Waals surface area contributed by atoms with Gasteiger partial charge in [-0.15, -0.1) is 0 Å². The van der Waals surface area contributed by atoms with E-state index in [-0.39, 0.29) is 5.82 Å². The summed E-state index contributed by atoms with van der Waals surface area (Å²) >= 11 is 0. The first-order valence-corrected chi connectivity index (χ1v) is 6.45. The lowest BCUT2D eigenvalue weighted by atomic mass is 9.98. The third-order valence-electron chi connectivity index (χ3n) is 3.57. The van der Waals surface area contributed by atoms with E-state index in [0.717, 1.165) is 26.1 Å². The topological polar surface area (TPSA) is 29.3 Å². The zero-order valence-electron chi connectivity index (χ0n) is 10.2. The number of rotatable bonds is 4. The summed E-state index contributed by atoms with van der Waals surface area (Å²) in [5, 5.41) is 0. The van der Waals surface area contributed by atoms with E-state index >= 15 is 0 Å². The highest BCUT2D eigenvalue weighted by molar-refractivity contribution is 5.16. The summed E-state index contributed by atoms with van der Waals surface area (Å²) in [6.45, 7) is 4.16. The fraction of sp³-hybridized carbons (Fsp3) is 0.571. The van der Waals surface area contributed by atoms with Crippen LogP contribution >= 0.6 is 0 Å². The van der Waals surface area contributed by atoms with Crippen LogP contribution in [0.2, 0.25) is 0 Å². The number of likely N-dealkylation sites (tertiary alicyclic amines) is 1. The fourth-order valence-corrected chi connectivity index (χ4v) is 2.49. The maximum atomic E-state index is 12.8. The molecule has 1 aliphatic heterocycles. The van der Waals surface area contributed by atoms with Crippen LogP contribution < -0.4 is 5.73 Å². The summed E-state index contributed by atoms with van der Waals surface area (Å²) < 4.78 is 12.8. The number of hydrogen-bond acceptors (Lipinski definition) is 2. The Morgan fingerprint density at radius 2 is 2.06 bits per heavy atom. The van der Waals surface area contributed by atoms with Crippen LogP contribution in [0.4, 0.5) is 4.39 Å². The molecule has 1 heterocycles. The van der Waals surface area contributed by atoms with Crippen molar-refractivity contribution in [2.24, 2.45) is 11.7 Å². The van der Waals surface area contributed by atoms with E-state index < -0.39 is 0 Å². The lowest BCUT2D eigenvalue weighted by molar-refractivity contribution is 0.180. The molecule has 0 aromatic heterocycles. The molecule has 1 atom stereocenters. The maximum absolute atomic E-state index is 12.8. The van der Waals surface area contributed by atoms with Crippen molar-refractivity contribution in [3.8, 4) is 0 Å². The van der Waals surface area contributed by atoms with Crippen molar-refractivity contribution in [2.75, 3.05) is 26.2 Å². The van der Waals surface area contributed by atoms with Crippen LogP contribution in [-0.4, -0.2) is 31.1 Å². The summed E-state index contributed by atoms with van der Waals surface area (Å²) in [6.07, 6.45) is 3.52. The van der Waals surface area contributed by atoms with Gasteiger partial charge in [0, 0.05) is 13.1 Å². The number of benzene rings is 1. The Morgan fingerprint density at radius 3 is 2.76 bits per heavy atom. The molecule has 0 bridgehead atoms. The molecule has 1 fully saturated rings. The van der Waals surface area contributed by atoms with Gasteiger partial charge in [0.15, 0.2) is 0 Å². The SMILES string of the molecule is NC[C@@H]1CCCN(CCc2ccc(F)cc2)C1. The van der Waals surface area contributed by atoms with Crippen LogP contribution in [-0.2, 0) is 6.42 Å². The molecule has 2 nitrogen and oxygen atoms in total.